The average molecular weight is 269 g/mol. The van der Waals surface area contributed by atoms with Gasteiger partial charge in [-0.3, -0.25) is 0 Å². The first kappa shape index (κ1) is 14.6. The minimum Gasteiger partial charge on any atom is -0.496 e. The molecule has 2 heteroatoms. The van der Waals surface area contributed by atoms with Crippen molar-refractivity contribution in [3.8, 4) is 16.9 Å². The molecule has 0 aliphatic heterocycles. The molecule has 0 aliphatic carbocycles. The largest absolute Gasteiger partial charge is 0.496 e. The summed E-state index contributed by atoms with van der Waals surface area (Å²) in [6.45, 7) is 7.27. The van der Waals surface area contributed by atoms with Crippen LogP contribution in [0.3, 0.4) is 0 Å². The molecule has 0 fully saturated rings. The summed E-state index contributed by atoms with van der Waals surface area (Å²) >= 11 is 0. The van der Waals surface area contributed by atoms with Crippen molar-refractivity contribution in [2.24, 2.45) is 0 Å². The zero-order valence-electron chi connectivity index (χ0n) is 13.0. The molecule has 0 heterocycles. The van der Waals surface area contributed by atoms with Gasteiger partial charge < -0.3 is 10.1 Å². The fraction of sp³-hybridized carbons (Fsp3) is 0.333. The van der Waals surface area contributed by atoms with Gasteiger partial charge >= 0.3 is 0 Å². The summed E-state index contributed by atoms with van der Waals surface area (Å²) < 4.78 is 5.44. The van der Waals surface area contributed by atoms with E-state index < -0.39 is 0 Å². The maximum absolute atomic E-state index is 5.44. The molecule has 0 unspecified atom stereocenters. The van der Waals surface area contributed by atoms with Gasteiger partial charge in [-0.05, 0) is 73.3 Å². The van der Waals surface area contributed by atoms with Gasteiger partial charge in [0.25, 0.3) is 0 Å². The predicted octanol–water partition coefficient (Wildman–Crippen LogP) is 4.01. The highest BCUT2D eigenvalue weighted by molar-refractivity contribution is 5.70. The van der Waals surface area contributed by atoms with Gasteiger partial charge in [-0.2, -0.15) is 0 Å². The number of ether oxygens (including phenoxy) is 1. The Labute approximate surface area is 121 Å². The third-order valence-electron chi connectivity index (χ3n) is 3.65. The van der Waals surface area contributed by atoms with E-state index in [-0.39, 0.29) is 0 Å². The van der Waals surface area contributed by atoms with Crippen molar-refractivity contribution in [3.63, 3.8) is 0 Å². The van der Waals surface area contributed by atoms with Crippen LogP contribution in [0.1, 0.15) is 22.3 Å². The molecular formula is C18H23NO. The zero-order valence-corrected chi connectivity index (χ0v) is 13.0. The number of rotatable bonds is 4. The molecule has 20 heavy (non-hydrogen) atoms. The summed E-state index contributed by atoms with van der Waals surface area (Å²) in [5.41, 5.74) is 7.54. The van der Waals surface area contributed by atoms with E-state index in [1.54, 1.807) is 7.11 Å². The van der Waals surface area contributed by atoms with Crippen LogP contribution in [-0.2, 0) is 6.54 Å². The number of hydrogen-bond donors (Lipinski definition) is 1. The second-order valence-corrected chi connectivity index (χ2v) is 5.32. The van der Waals surface area contributed by atoms with Crippen LogP contribution in [0.15, 0.2) is 30.3 Å². The number of benzene rings is 2. The van der Waals surface area contributed by atoms with Crippen LogP contribution in [-0.4, -0.2) is 14.2 Å². The minimum absolute atomic E-state index is 0.905. The van der Waals surface area contributed by atoms with E-state index in [9.17, 15) is 0 Å². The van der Waals surface area contributed by atoms with Crippen LogP contribution in [0, 0.1) is 20.8 Å². The molecule has 2 nitrogen and oxygen atoms in total. The van der Waals surface area contributed by atoms with Crippen LogP contribution in [0.5, 0.6) is 5.75 Å². The Morgan fingerprint density at radius 2 is 1.60 bits per heavy atom. The summed E-state index contributed by atoms with van der Waals surface area (Å²) in [6.07, 6.45) is 0. The summed E-state index contributed by atoms with van der Waals surface area (Å²) in [7, 11) is 3.70. The van der Waals surface area contributed by atoms with Gasteiger partial charge in [0, 0.05) is 6.54 Å². The Balaban J connectivity index is 2.46. The van der Waals surface area contributed by atoms with E-state index in [0.717, 1.165) is 12.3 Å². The Bertz CT molecular complexity index is 594. The van der Waals surface area contributed by atoms with Crippen LogP contribution >= 0.6 is 0 Å². The second-order valence-electron chi connectivity index (χ2n) is 5.32. The molecule has 0 spiro atoms. The van der Waals surface area contributed by atoms with Crippen molar-refractivity contribution in [2.75, 3.05) is 14.2 Å². The van der Waals surface area contributed by atoms with Crippen molar-refractivity contribution in [1.82, 2.24) is 5.32 Å². The van der Waals surface area contributed by atoms with Gasteiger partial charge in [0.2, 0.25) is 0 Å². The first-order valence-electron chi connectivity index (χ1n) is 6.96. The van der Waals surface area contributed by atoms with E-state index in [4.69, 9.17) is 4.74 Å². The predicted molar refractivity (Wildman–Crippen MR) is 85.4 cm³/mol. The fourth-order valence-corrected chi connectivity index (χ4v) is 2.79. The lowest BCUT2D eigenvalue weighted by molar-refractivity contribution is 0.408. The molecule has 0 amide bonds. The molecule has 0 saturated carbocycles. The molecule has 0 aromatic heterocycles. The second kappa shape index (κ2) is 6.10. The highest BCUT2D eigenvalue weighted by Gasteiger charge is 2.09. The molecule has 0 atom stereocenters. The average Bonchev–Trinajstić information content (AvgIpc) is 2.38. The summed E-state index contributed by atoms with van der Waals surface area (Å²) in [5.74, 6) is 0.984. The standard InChI is InChI=1S/C18H23NO/c1-12-8-15(11-19-4)6-7-17(12)16-9-13(2)18(20-5)14(3)10-16/h6-10,19H,11H2,1-5H3. The van der Waals surface area contributed by atoms with Gasteiger partial charge in [0.1, 0.15) is 5.75 Å². The summed E-state index contributed by atoms with van der Waals surface area (Å²) in [4.78, 5) is 0. The molecule has 0 aliphatic rings. The molecule has 1 N–H and O–H groups in total. The van der Waals surface area contributed by atoms with Gasteiger partial charge in [-0.1, -0.05) is 18.2 Å². The maximum atomic E-state index is 5.44. The molecule has 2 aromatic rings. The Morgan fingerprint density at radius 3 is 2.10 bits per heavy atom. The topological polar surface area (TPSA) is 21.3 Å². The summed E-state index contributed by atoms with van der Waals surface area (Å²) in [5, 5.41) is 3.19. The number of aryl methyl sites for hydroxylation is 3. The van der Waals surface area contributed by atoms with E-state index >= 15 is 0 Å². The fourth-order valence-electron chi connectivity index (χ4n) is 2.79. The molecule has 0 radical (unpaired) electrons. The highest BCUT2D eigenvalue weighted by Crippen LogP contribution is 2.31. The van der Waals surface area contributed by atoms with Crippen molar-refractivity contribution < 1.29 is 4.74 Å². The van der Waals surface area contributed by atoms with Gasteiger partial charge in [-0.25, -0.2) is 0 Å². The third-order valence-corrected chi connectivity index (χ3v) is 3.65. The Kier molecular flexibility index (Phi) is 4.46. The Hall–Kier alpha value is -1.80. The lowest BCUT2D eigenvalue weighted by Crippen LogP contribution is -2.05. The third kappa shape index (κ3) is 2.86. The smallest absolute Gasteiger partial charge is 0.124 e. The van der Waals surface area contributed by atoms with Gasteiger partial charge in [0.05, 0.1) is 7.11 Å². The monoisotopic (exact) mass is 269 g/mol. The van der Waals surface area contributed by atoms with E-state index in [1.165, 1.54) is 33.4 Å². The first-order valence-corrected chi connectivity index (χ1v) is 6.96. The minimum atomic E-state index is 0.905. The molecule has 2 rings (SSSR count). The normalized spacial score (nSPS) is 10.7. The maximum Gasteiger partial charge on any atom is 0.124 e. The molecule has 2 aromatic carbocycles. The van der Waals surface area contributed by atoms with Crippen LogP contribution in [0.2, 0.25) is 0 Å². The van der Waals surface area contributed by atoms with Crippen LogP contribution in [0.25, 0.3) is 11.1 Å². The van der Waals surface area contributed by atoms with Crippen LogP contribution < -0.4 is 10.1 Å². The Morgan fingerprint density at radius 1 is 0.950 bits per heavy atom. The number of hydrogen-bond acceptors (Lipinski definition) is 2. The number of nitrogens with one attached hydrogen (secondary N) is 1. The van der Waals surface area contributed by atoms with Crippen molar-refractivity contribution >= 4 is 0 Å². The van der Waals surface area contributed by atoms with Gasteiger partial charge in [-0.15, -0.1) is 0 Å². The SMILES string of the molecule is CNCc1ccc(-c2cc(C)c(OC)c(C)c2)c(C)c1. The van der Waals surface area contributed by atoms with Crippen molar-refractivity contribution in [3.05, 3.63) is 52.6 Å². The molecule has 0 bridgehead atoms. The highest BCUT2D eigenvalue weighted by atomic mass is 16.5. The van der Waals surface area contributed by atoms with E-state index in [1.807, 2.05) is 7.05 Å². The van der Waals surface area contributed by atoms with Crippen LogP contribution in [0.4, 0.5) is 0 Å². The zero-order chi connectivity index (χ0) is 14.7. The van der Waals surface area contributed by atoms with Crippen molar-refractivity contribution in [2.45, 2.75) is 27.3 Å². The number of methoxy groups -OCH3 is 1. The quantitative estimate of drug-likeness (QED) is 0.905. The molecule has 0 saturated heterocycles. The van der Waals surface area contributed by atoms with E-state index in [2.05, 4.69) is 56.4 Å². The lowest BCUT2D eigenvalue weighted by atomic mass is 9.95. The van der Waals surface area contributed by atoms with E-state index in [0.29, 0.717) is 0 Å². The molecular weight excluding hydrogens is 246 g/mol. The molecule has 106 valence electrons. The van der Waals surface area contributed by atoms with Crippen molar-refractivity contribution in [1.29, 1.82) is 0 Å². The van der Waals surface area contributed by atoms with Gasteiger partial charge in [0.15, 0.2) is 0 Å². The lowest BCUT2D eigenvalue weighted by Gasteiger charge is -2.14. The summed E-state index contributed by atoms with van der Waals surface area (Å²) in [6, 6.07) is 11.1. The first-order chi connectivity index (χ1) is 9.56.